The van der Waals surface area contributed by atoms with Crippen LogP contribution in [0.4, 0.5) is 4.79 Å². The molecule has 1 heterocycles. The van der Waals surface area contributed by atoms with Gasteiger partial charge >= 0.3 is 6.09 Å². The number of aromatic nitrogens is 2. The van der Waals surface area contributed by atoms with E-state index in [0.29, 0.717) is 23.6 Å². The number of ether oxygens (including phenoxy) is 2. The number of rotatable bonds is 5. The van der Waals surface area contributed by atoms with Gasteiger partial charge in [0, 0.05) is 6.07 Å². The molecule has 0 aliphatic carbocycles. The number of nitrogens with zero attached hydrogens (tertiary/aromatic N) is 3. The second-order valence-electron chi connectivity index (χ2n) is 5.94. The van der Waals surface area contributed by atoms with Crippen LogP contribution in [0.25, 0.3) is 5.69 Å². The van der Waals surface area contributed by atoms with Crippen LogP contribution in [0.15, 0.2) is 71.9 Å². The zero-order chi connectivity index (χ0) is 19.1. The Morgan fingerprint density at radius 1 is 1.11 bits per heavy atom. The van der Waals surface area contributed by atoms with Gasteiger partial charge in [-0.25, -0.2) is 9.48 Å². The van der Waals surface area contributed by atoms with Crippen molar-refractivity contribution in [3.05, 3.63) is 77.8 Å². The maximum atomic E-state index is 12.1. The van der Waals surface area contributed by atoms with Gasteiger partial charge in [-0.1, -0.05) is 37.3 Å². The van der Waals surface area contributed by atoms with Crippen LogP contribution in [-0.4, -0.2) is 22.5 Å². The van der Waals surface area contributed by atoms with E-state index in [1.807, 2.05) is 56.3 Å². The molecule has 0 unspecified atom stereocenters. The molecule has 3 aromatic rings. The van der Waals surface area contributed by atoms with Crippen LogP contribution in [0.5, 0.6) is 11.6 Å². The fraction of sp³-hybridized carbons (Fsp3) is 0.190. The molecule has 3 rings (SSSR count). The predicted octanol–water partition coefficient (Wildman–Crippen LogP) is 4.07. The molecule has 0 saturated carbocycles. The second kappa shape index (κ2) is 8.80. The molecule has 0 spiro atoms. The lowest BCUT2D eigenvalue weighted by Crippen LogP contribution is -2.16. The molecule has 0 saturated heterocycles. The van der Waals surface area contributed by atoms with Gasteiger partial charge in [0.05, 0.1) is 23.8 Å². The molecule has 0 N–H and O–H groups in total. The Bertz CT molecular complexity index is 981. The Kier molecular flexibility index (Phi) is 5.99. The van der Waals surface area contributed by atoms with Crippen LogP contribution in [0.2, 0.25) is 0 Å². The number of amides is 1. The highest BCUT2D eigenvalue weighted by Gasteiger charge is 2.07. The largest absolute Gasteiger partial charge is 0.478 e. The van der Waals surface area contributed by atoms with Crippen LogP contribution in [0.3, 0.4) is 0 Å². The van der Waals surface area contributed by atoms with Gasteiger partial charge in [0.25, 0.3) is 0 Å². The van der Waals surface area contributed by atoms with Crippen molar-refractivity contribution in [2.45, 2.75) is 20.3 Å². The Morgan fingerprint density at radius 2 is 1.93 bits per heavy atom. The van der Waals surface area contributed by atoms with Crippen molar-refractivity contribution in [1.82, 2.24) is 9.78 Å². The molecule has 0 aliphatic heterocycles. The Morgan fingerprint density at radius 3 is 2.67 bits per heavy atom. The third-order valence-electron chi connectivity index (χ3n) is 3.66. The maximum absolute atomic E-state index is 12.1. The van der Waals surface area contributed by atoms with Crippen LogP contribution < -0.4 is 14.8 Å². The molecular weight excluding hydrogens is 342 g/mol. The summed E-state index contributed by atoms with van der Waals surface area (Å²) < 4.78 is 12.7. The standard InChI is InChI=1S/C21H21N3O3/c1-3-12-26-20-14-17(15-22-24(20)18-9-5-4-6-10-18)23-21(25)27-19-11-7-8-16(2)13-19/h4-11,13-15H,3,12H2,1-2H3. The summed E-state index contributed by atoms with van der Waals surface area (Å²) in [5.74, 6) is 0.960. The van der Waals surface area contributed by atoms with Crippen LogP contribution in [0, 0.1) is 6.92 Å². The smallest absolute Gasteiger partial charge is 0.439 e. The third-order valence-corrected chi connectivity index (χ3v) is 3.66. The minimum absolute atomic E-state index is 0.367. The van der Waals surface area contributed by atoms with E-state index in [0.717, 1.165) is 17.7 Å². The maximum Gasteiger partial charge on any atom is 0.439 e. The van der Waals surface area contributed by atoms with Crippen LogP contribution in [0.1, 0.15) is 18.9 Å². The Hall–Kier alpha value is -3.41. The summed E-state index contributed by atoms with van der Waals surface area (Å²) in [6.45, 7) is 4.48. The van der Waals surface area contributed by atoms with Crippen molar-refractivity contribution in [2.75, 3.05) is 6.61 Å². The molecule has 1 amide bonds. The lowest BCUT2D eigenvalue weighted by atomic mass is 10.2. The zero-order valence-electron chi connectivity index (χ0n) is 15.3. The van der Waals surface area contributed by atoms with Gasteiger partial charge in [0.2, 0.25) is 5.88 Å². The van der Waals surface area contributed by atoms with E-state index in [4.69, 9.17) is 9.47 Å². The quantitative estimate of drug-likeness (QED) is 0.685. The normalized spacial score (nSPS) is 11.3. The minimum Gasteiger partial charge on any atom is -0.478 e. The molecule has 138 valence electrons. The first-order valence-corrected chi connectivity index (χ1v) is 8.76. The number of benzene rings is 2. The summed E-state index contributed by atoms with van der Waals surface area (Å²) in [5, 5.41) is 4.73. The SMILES string of the molecule is CCCOc1cc(=NC(=O)Oc2cccc(C)c2)cnn1-c1ccccc1. The number of para-hydroxylation sites is 1. The molecule has 0 atom stereocenters. The number of hydrogen-bond acceptors (Lipinski definition) is 4. The van der Waals surface area contributed by atoms with E-state index < -0.39 is 6.09 Å². The monoisotopic (exact) mass is 363 g/mol. The van der Waals surface area contributed by atoms with Crippen LogP contribution in [-0.2, 0) is 0 Å². The summed E-state index contributed by atoms with van der Waals surface area (Å²) in [5.41, 5.74) is 1.86. The van der Waals surface area contributed by atoms with Gasteiger partial charge in [0.1, 0.15) is 5.75 Å². The highest BCUT2D eigenvalue weighted by molar-refractivity contribution is 5.71. The van der Waals surface area contributed by atoms with Gasteiger partial charge in [-0.2, -0.15) is 10.1 Å². The molecular formula is C21H21N3O3. The van der Waals surface area contributed by atoms with Crippen molar-refractivity contribution < 1.29 is 14.3 Å². The molecule has 0 aliphatic rings. The highest BCUT2D eigenvalue weighted by atomic mass is 16.5. The lowest BCUT2D eigenvalue weighted by Gasteiger charge is -2.12. The number of aryl methyl sites for hydroxylation is 1. The van der Waals surface area contributed by atoms with E-state index in [9.17, 15) is 4.79 Å². The van der Waals surface area contributed by atoms with Gasteiger partial charge in [-0.05, 0) is 43.2 Å². The molecule has 0 fully saturated rings. The summed E-state index contributed by atoms with van der Waals surface area (Å²) >= 11 is 0. The van der Waals surface area contributed by atoms with Gasteiger partial charge < -0.3 is 9.47 Å². The van der Waals surface area contributed by atoms with Crippen molar-refractivity contribution in [2.24, 2.45) is 4.99 Å². The first-order chi connectivity index (χ1) is 13.2. The van der Waals surface area contributed by atoms with Gasteiger partial charge in [0.15, 0.2) is 0 Å². The summed E-state index contributed by atoms with van der Waals surface area (Å²) in [6.07, 6.45) is 1.65. The van der Waals surface area contributed by atoms with Crippen molar-refractivity contribution in [3.63, 3.8) is 0 Å². The van der Waals surface area contributed by atoms with E-state index in [-0.39, 0.29) is 0 Å². The molecule has 0 bridgehead atoms. The number of hydrogen-bond donors (Lipinski definition) is 0. The van der Waals surface area contributed by atoms with Crippen molar-refractivity contribution in [3.8, 4) is 17.3 Å². The van der Waals surface area contributed by atoms with Crippen molar-refractivity contribution >= 4 is 6.09 Å². The number of carbonyl (C=O) groups is 1. The molecule has 1 aromatic heterocycles. The van der Waals surface area contributed by atoms with E-state index in [1.165, 1.54) is 6.20 Å². The summed E-state index contributed by atoms with van der Waals surface area (Å²) in [6, 6.07) is 18.5. The first-order valence-electron chi connectivity index (χ1n) is 8.76. The van der Waals surface area contributed by atoms with E-state index in [2.05, 4.69) is 10.1 Å². The van der Waals surface area contributed by atoms with Crippen molar-refractivity contribution in [1.29, 1.82) is 0 Å². The van der Waals surface area contributed by atoms with Gasteiger partial charge in [-0.15, -0.1) is 0 Å². The topological polar surface area (TPSA) is 65.7 Å². The average molecular weight is 363 g/mol. The third kappa shape index (κ3) is 5.04. The first kappa shape index (κ1) is 18.4. The Balaban J connectivity index is 1.89. The number of carbonyl (C=O) groups excluding carboxylic acids is 1. The summed E-state index contributed by atoms with van der Waals surface area (Å²) in [4.78, 5) is 16.1. The van der Waals surface area contributed by atoms with E-state index in [1.54, 1.807) is 22.9 Å². The predicted molar refractivity (Wildman–Crippen MR) is 102 cm³/mol. The molecule has 27 heavy (non-hydrogen) atoms. The fourth-order valence-electron chi connectivity index (χ4n) is 2.44. The zero-order valence-corrected chi connectivity index (χ0v) is 15.3. The molecule has 6 nitrogen and oxygen atoms in total. The summed E-state index contributed by atoms with van der Waals surface area (Å²) in [7, 11) is 0. The Labute approximate surface area is 157 Å². The molecule has 0 radical (unpaired) electrons. The second-order valence-corrected chi connectivity index (χ2v) is 5.94. The fourth-order valence-corrected chi connectivity index (χ4v) is 2.44. The lowest BCUT2D eigenvalue weighted by molar-refractivity contribution is 0.210. The van der Waals surface area contributed by atoms with Crippen LogP contribution >= 0.6 is 0 Å². The molecule has 6 heteroatoms. The average Bonchev–Trinajstić information content (AvgIpc) is 2.67. The van der Waals surface area contributed by atoms with Gasteiger partial charge in [-0.3, -0.25) is 0 Å². The highest BCUT2D eigenvalue weighted by Crippen LogP contribution is 2.15. The van der Waals surface area contributed by atoms with E-state index >= 15 is 0 Å². The molecule has 2 aromatic carbocycles. The minimum atomic E-state index is -0.707.